The molecule has 0 radical (unpaired) electrons. The number of benzene rings is 1. The molecule has 1 aromatic rings. The minimum Gasteiger partial charge on any atom is -0.376 e. The zero-order valence-corrected chi connectivity index (χ0v) is 14.8. The Morgan fingerprint density at radius 1 is 1.12 bits per heavy atom. The van der Waals surface area contributed by atoms with Crippen molar-refractivity contribution in [2.45, 2.75) is 51.5 Å². The van der Waals surface area contributed by atoms with Gasteiger partial charge in [0.1, 0.15) is 0 Å². The molecular formula is C19H29N3O2. The number of carbonyl (C=O) groups excluding carboxylic acids is 2. The zero-order chi connectivity index (χ0) is 17.4. The standard InChI is InChI=1S/C19H29N3O2/c1-3-13-20-19(24)15-9-11-16(12-10-15)21-14-18(23)22(2)17-7-5-4-6-8-17/h9-12,17,21H,3-8,13-14H2,1-2H3,(H,20,24). The number of carbonyl (C=O) groups is 2. The first-order chi connectivity index (χ1) is 11.6. The number of hydrogen-bond acceptors (Lipinski definition) is 3. The molecule has 0 spiro atoms. The van der Waals surface area contributed by atoms with E-state index in [4.69, 9.17) is 0 Å². The second-order valence-electron chi connectivity index (χ2n) is 6.48. The van der Waals surface area contributed by atoms with E-state index in [9.17, 15) is 9.59 Å². The first-order valence-corrected chi connectivity index (χ1v) is 8.99. The van der Waals surface area contributed by atoms with Crippen molar-refractivity contribution in [1.82, 2.24) is 10.2 Å². The molecule has 0 heterocycles. The summed E-state index contributed by atoms with van der Waals surface area (Å²) in [4.78, 5) is 26.0. The van der Waals surface area contributed by atoms with Crippen LogP contribution in [-0.4, -0.2) is 42.9 Å². The van der Waals surface area contributed by atoms with Gasteiger partial charge in [0, 0.05) is 30.9 Å². The maximum absolute atomic E-state index is 12.3. The third-order valence-electron chi connectivity index (χ3n) is 4.64. The highest BCUT2D eigenvalue weighted by atomic mass is 16.2. The van der Waals surface area contributed by atoms with Crippen LogP contribution in [-0.2, 0) is 4.79 Å². The second-order valence-corrected chi connectivity index (χ2v) is 6.48. The van der Waals surface area contributed by atoms with Crippen molar-refractivity contribution in [1.29, 1.82) is 0 Å². The van der Waals surface area contributed by atoms with Gasteiger partial charge >= 0.3 is 0 Å². The molecule has 0 atom stereocenters. The van der Waals surface area contributed by atoms with Crippen molar-refractivity contribution in [3.8, 4) is 0 Å². The van der Waals surface area contributed by atoms with E-state index >= 15 is 0 Å². The molecule has 1 saturated carbocycles. The highest BCUT2D eigenvalue weighted by molar-refractivity contribution is 5.94. The van der Waals surface area contributed by atoms with Gasteiger partial charge in [0.15, 0.2) is 0 Å². The average molecular weight is 331 g/mol. The van der Waals surface area contributed by atoms with Crippen LogP contribution in [0, 0.1) is 0 Å². The van der Waals surface area contributed by atoms with Gasteiger partial charge in [0.25, 0.3) is 5.91 Å². The Hall–Kier alpha value is -2.04. The molecule has 2 rings (SSSR count). The third kappa shape index (κ3) is 5.25. The van der Waals surface area contributed by atoms with Gasteiger partial charge in [-0.15, -0.1) is 0 Å². The first kappa shape index (κ1) is 18.3. The minimum absolute atomic E-state index is 0.0588. The molecule has 5 nitrogen and oxygen atoms in total. The molecule has 1 aromatic carbocycles. The summed E-state index contributed by atoms with van der Waals surface area (Å²) in [6.45, 7) is 2.99. The molecule has 0 aliphatic heterocycles. The lowest BCUT2D eigenvalue weighted by Crippen LogP contribution is -2.41. The smallest absolute Gasteiger partial charge is 0.251 e. The SMILES string of the molecule is CCCNC(=O)c1ccc(NCC(=O)N(C)C2CCCCC2)cc1. The predicted octanol–water partition coefficient (Wildman–Crippen LogP) is 3.03. The van der Waals surface area contributed by atoms with E-state index in [1.807, 2.05) is 31.0 Å². The Bertz CT molecular complexity index is 536. The van der Waals surface area contributed by atoms with Gasteiger partial charge in [-0.2, -0.15) is 0 Å². The number of anilines is 1. The Kier molecular flexibility index (Phi) is 7.09. The fourth-order valence-electron chi connectivity index (χ4n) is 3.05. The molecule has 1 aliphatic rings. The van der Waals surface area contributed by atoms with E-state index in [1.165, 1.54) is 19.3 Å². The van der Waals surface area contributed by atoms with Gasteiger partial charge in [-0.3, -0.25) is 9.59 Å². The molecule has 1 aliphatic carbocycles. The van der Waals surface area contributed by atoms with Crippen molar-refractivity contribution in [3.63, 3.8) is 0 Å². The van der Waals surface area contributed by atoms with Crippen molar-refractivity contribution < 1.29 is 9.59 Å². The van der Waals surface area contributed by atoms with Crippen molar-refractivity contribution in [2.24, 2.45) is 0 Å². The van der Waals surface area contributed by atoms with Crippen LogP contribution in [0.4, 0.5) is 5.69 Å². The van der Waals surface area contributed by atoms with Crippen LogP contribution >= 0.6 is 0 Å². The summed E-state index contributed by atoms with van der Waals surface area (Å²) < 4.78 is 0. The monoisotopic (exact) mass is 331 g/mol. The summed E-state index contributed by atoms with van der Waals surface area (Å²) in [6, 6.07) is 7.63. The van der Waals surface area contributed by atoms with Gasteiger partial charge in [0.2, 0.25) is 5.91 Å². The molecule has 1 fully saturated rings. The first-order valence-electron chi connectivity index (χ1n) is 8.99. The van der Waals surface area contributed by atoms with E-state index in [1.54, 1.807) is 12.1 Å². The van der Waals surface area contributed by atoms with Crippen LogP contribution in [0.3, 0.4) is 0 Å². The number of amides is 2. The number of likely N-dealkylation sites (N-methyl/N-ethyl adjacent to an activating group) is 1. The molecule has 132 valence electrons. The second kappa shape index (κ2) is 9.30. The van der Waals surface area contributed by atoms with Crippen LogP contribution in [0.1, 0.15) is 55.8 Å². The van der Waals surface area contributed by atoms with E-state index in [-0.39, 0.29) is 18.4 Å². The van der Waals surface area contributed by atoms with Gasteiger partial charge in [-0.1, -0.05) is 26.2 Å². The van der Waals surface area contributed by atoms with Gasteiger partial charge in [0.05, 0.1) is 6.54 Å². The summed E-state index contributed by atoms with van der Waals surface area (Å²) in [6.07, 6.45) is 6.87. The summed E-state index contributed by atoms with van der Waals surface area (Å²) in [5.74, 6) is 0.0585. The Morgan fingerprint density at radius 2 is 1.79 bits per heavy atom. The minimum atomic E-state index is -0.0588. The van der Waals surface area contributed by atoms with E-state index in [2.05, 4.69) is 10.6 Å². The van der Waals surface area contributed by atoms with Crippen LogP contribution in [0.2, 0.25) is 0 Å². The van der Waals surface area contributed by atoms with Crippen molar-refractivity contribution in [2.75, 3.05) is 25.5 Å². The van der Waals surface area contributed by atoms with Crippen LogP contribution in [0.5, 0.6) is 0 Å². The Balaban J connectivity index is 1.80. The lowest BCUT2D eigenvalue weighted by atomic mass is 9.94. The van der Waals surface area contributed by atoms with Crippen LogP contribution in [0.15, 0.2) is 24.3 Å². The van der Waals surface area contributed by atoms with Gasteiger partial charge in [-0.25, -0.2) is 0 Å². The maximum atomic E-state index is 12.3. The number of nitrogens with one attached hydrogen (secondary N) is 2. The fourth-order valence-corrected chi connectivity index (χ4v) is 3.05. The summed E-state index contributed by atoms with van der Waals surface area (Å²) in [5.41, 5.74) is 1.49. The van der Waals surface area contributed by atoms with Crippen molar-refractivity contribution in [3.05, 3.63) is 29.8 Å². The molecule has 0 unspecified atom stereocenters. The molecule has 24 heavy (non-hydrogen) atoms. The largest absolute Gasteiger partial charge is 0.376 e. The van der Waals surface area contributed by atoms with Gasteiger partial charge < -0.3 is 15.5 Å². The lowest BCUT2D eigenvalue weighted by Gasteiger charge is -2.31. The van der Waals surface area contributed by atoms with E-state index in [0.29, 0.717) is 18.2 Å². The summed E-state index contributed by atoms with van der Waals surface area (Å²) in [5, 5.41) is 6.00. The quantitative estimate of drug-likeness (QED) is 0.807. The third-order valence-corrected chi connectivity index (χ3v) is 4.64. The summed E-state index contributed by atoms with van der Waals surface area (Å²) >= 11 is 0. The zero-order valence-electron chi connectivity index (χ0n) is 14.8. The topological polar surface area (TPSA) is 61.4 Å². The number of hydrogen-bond donors (Lipinski definition) is 2. The maximum Gasteiger partial charge on any atom is 0.251 e. The normalized spacial score (nSPS) is 14.9. The average Bonchev–Trinajstić information content (AvgIpc) is 2.64. The molecule has 5 heteroatoms. The lowest BCUT2D eigenvalue weighted by molar-refractivity contribution is -0.130. The number of rotatable bonds is 7. The summed E-state index contributed by atoms with van der Waals surface area (Å²) in [7, 11) is 1.90. The molecule has 0 aromatic heterocycles. The van der Waals surface area contributed by atoms with Gasteiger partial charge in [-0.05, 0) is 43.5 Å². The molecule has 0 saturated heterocycles. The Labute approximate surface area is 144 Å². The predicted molar refractivity (Wildman–Crippen MR) is 97.2 cm³/mol. The molecule has 0 bridgehead atoms. The molecule has 2 amide bonds. The van der Waals surface area contributed by atoms with E-state index < -0.39 is 0 Å². The Morgan fingerprint density at radius 3 is 2.42 bits per heavy atom. The van der Waals surface area contributed by atoms with Crippen molar-refractivity contribution >= 4 is 17.5 Å². The molecular weight excluding hydrogens is 302 g/mol. The highest BCUT2D eigenvalue weighted by Crippen LogP contribution is 2.21. The fraction of sp³-hybridized carbons (Fsp3) is 0.579. The van der Waals surface area contributed by atoms with Crippen LogP contribution < -0.4 is 10.6 Å². The highest BCUT2D eigenvalue weighted by Gasteiger charge is 2.21. The van der Waals surface area contributed by atoms with Crippen LogP contribution in [0.25, 0.3) is 0 Å². The van der Waals surface area contributed by atoms with E-state index in [0.717, 1.165) is 24.9 Å². The number of nitrogens with zero attached hydrogens (tertiary/aromatic N) is 1. The molecule has 2 N–H and O–H groups in total.